The van der Waals surface area contributed by atoms with E-state index in [1.165, 1.54) is 0 Å². The fourth-order valence-corrected chi connectivity index (χ4v) is 3.20. The van der Waals surface area contributed by atoms with Crippen LogP contribution in [0, 0.1) is 0 Å². The van der Waals surface area contributed by atoms with Crippen LogP contribution in [0.5, 0.6) is 17.2 Å². The molecular weight excluding hydrogens is 338 g/mol. The number of halogens is 1. The molecule has 0 amide bonds. The minimum Gasteiger partial charge on any atom is -0.497 e. The second kappa shape index (κ2) is 7.98. The van der Waals surface area contributed by atoms with Crippen LogP contribution in [-0.4, -0.2) is 43.9 Å². The van der Waals surface area contributed by atoms with Gasteiger partial charge in [0.25, 0.3) is 0 Å². The summed E-state index contributed by atoms with van der Waals surface area (Å²) < 4.78 is 17.2. The minimum absolute atomic E-state index is 0.177. The Kier molecular flexibility index (Phi) is 5.71. The van der Waals surface area contributed by atoms with Crippen LogP contribution in [-0.2, 0) is 0 Å². The van der Waals surface area contributed by atoms with E-state index in [1.54, 1.807) is 7.11 Å². The van der Waals surface area contributed by atoms with Gasteiger partial charge < -0.3 is 14.2 Å². The molecule has 0 bridgehead atoms. The topological polar surface area (TPSA) is 30.9 Å². The zero-order valence-corrected chi connectivity index (χ0v) is 15.5. The first-order chi connectivity index (χ1) is 12.1. The van der Waals surface area contributed by atoms with E-state index in [1.807, 2.05) is 48.5 Å². The Balaban J connectivity index is 1.46. The lowest BCUT2D eigenvalue weighted by Crippen LogP contribution is -2.37. The molecule has 0 aromatic heterocycles. The van der Waals surface area contributed by atoms with Crippen LogP contribution in [0.1, 0.15) is 13.3 Å². The molecule has 3 rings (SSSR count). The lowest BCUT2D eigenvalue weighted by Gasteiger charge is -2.26. The van der Waals surface area contributed by atoms with Crippen LogP contribution in [0.2, 0.25) is 5.02 Å². The lowest BCUT2D eigenvalue weighted by molar-refractivity contribution is 0.0935. The number of hydrogen-bond donors (Lipinski definition) is 0. The van der Waals surface area contributed by atoms with Gasteiger partial charge in [-0.05, 0) is 43.3 Å². The van der Waals surface area contributed by atoms with Crippen molar-refractivity contribution in [3.05, 3.63) is 53.6 Å². The van der Waals surface area contributed by atoms with Gasteiger partial charge in [0.15, 0.2) is 0 Å². The summed E-state index contributed by atoms with van der Waals surface area (Å²) in [7, 11) is 1.66. The summed E-state index contributed by atoms with van der Waals surface area (Å²) in [6, 6.07) is 15.2. The molecule has 1 unspecified atom stereocenters. The molecule has 25 heavy (non-hydrogen) atoms. The Hall–Kier alpha value is -1.91. The molecule has 1 aliphatic rings. The first-order valence-electron chi connectivity index (χ1n) is 8.50. The first-order valence-corrected chi connectivity index (χ1v) is 8.88. The lowest BCUT2D eigenvalue weighted by atomic mass is 10.1. The van der Waals surface area contributed by atoms with Crippen molar-refractivity contribution in [1.29, 1.82) is 0 Å². The molecule has 4 nitrogen and oxygen atoms in total. The average Bonchev–Trinajstić information content (AvgIpc) is 2.98. The summed E-state index contributed by atoms with van der Waals surface area (Å²) >= 11 is 5.93. The van der Waals surface area contributed by atoms with Gasteiger partial charge in [-0.2, -0.15) is 0 Å². The summed E-state index contributed by atoms with van der Waals surface area (Å²) in [6.45, 7) is 5.56. The highest BCUT2D eigenvalue weighted by Crippen LogP contribution is 2.28. The van der Waals surface area contributed by atoms with Crippen molar-refractivity contribution in [2.45, 2.75) is 18.9 Å². The van der Waals surface area contributed by atoms with Gasteiger partial charge in [-0.1, -0.05) is 17.7 Å². The number of benzene rings is 2. The Bertz CT molecular complexity index is 692. The average molecular weight is 362 g/mol. The molecule has 1 fully saturated rings. The molecule has 1 aliphatic heterocycles. The maximum absolute atomic E-state index is 6.19. The van der Waals surface area contributed by atoms with E-state index in [4.69, 9.17) is 25.8 Å². The fourth-order valence-electron chi connectivity index (χ4n) is 3.07. The molecule has 2 aromatic carbocycles. The third-order valence-electron chi connectivity index (χ3n) is 4.41. The second-order valence-corrected chi connectivity index (χ2v) is 7.00. The summed E-state index contributed by atoms with van der Waals surface area (Å²) in [5.74, 6) is 2.50. The fraction of sp³-hybridized carbons (Fsp3) is 0.400. The van der Waals surface area contributed by atoms with Crippen LogP contribution in [0.4, 0.5) is 0 Å². The Morgan fingerprint density at radius 3 is 2.60 bits per heavy atom. The standard InChI is InChI=1S/C20H24ClNO3/c1-20(25-17-8-6-16(21)7-9-17)10-11-22(15-20)12-13-24-19-5-3-4-18(14-19)23-2/h3-9,14H,10-13,15H2,1-2H3. The van der Waals surface area contributed by atoms with Gasteiger partial charge in [0.05, 0.1) is 7.11 Å². The highest BCUT2D eigenvalue weighted by molar-refractivity contribution is 6.30. The van der Waals surface area contributed by atoms with E-state index < -0.39 is 0 Å². The van der Waals surface area contributed by atoms with Crippen LogP contribution in [0.3, 0.4) is 0 Å². The van der Waals surface area contributed by atoms with Gasteiger partial charge in [-0.25, -0.2) is 0 Å². The van der Waals surface area contributed by atoms with Gasteiger partial charge in [0, 0.05) is 37.1 Å². The highest BCUT2D eigenvalue weighted by atomic mass is 35.5. The smallest absolute Gasteiger partial charge is 0.123 e. The first kappa shape index (κ1) is 17.9. The quantitative estimate of drug-likeness (QED) is 0.736. The van der Waals surface area contributed by atoms with Crippen molar-refractivity contribution in [2.75, 3.05) is 33.4 Å². The number of rotatable bonds is 7. The molecule has 2 aromatic rings. The van der Waals surface area contributed by atoms with Crippen molar-refractivity contribution in [2.24, 2.45) is 0 Å². The Labute approximate surface area is 154 Å². The van der Waals surface area contributed by atoms with Crippen molar-refractivity contribution < 1.29 is 14.2 Å². The monoisotopic (exact) mass is 361 g/mol. The van der Waals surface area contributed by atoms with Crippen LogP contribution >= 0.6 is 11.6 Å². The van der Waals surface area contributed by atoms with Gasteiger partial charge in [-0.15, -0.1) is 0 Å². The van der Waals surface area contributed by atoms with Crippen LogP contribution < -0.4 is 14.2 Å². The Morgan fingerprint density at radius 1 is 1.08 bits per heavy atom. The number of methoxy groups -OCH3 is 1. The molecule has 0 saturated carbocycles. The number of likely N-dealkylation sites (tertiary alicyclic amines) is 1. The van der Waals surface area contributed by atoms with E-state index in [0.29, 0.717) is 6.61 Å². The molecule has 0 spiro atoms. The maximum atomic E-state index is 6.19. The van der Waals surface area contributed by atoms with Crippen LogP contribution in [0.15, 0.2) is 48.5 Å². The highest BCUT2D eigenvalue weighted by Gasteiger charge is 2.35. The number of nitrogens with zero attached hydrogens (tertiary/aromatic N) is 1. The zero-order valence-electron chi connectivity index (χ0n) is 14.7. The molecule has 1 saturated heterocycles. The Morgan fingerprint density at radius 2 is 1.84 bits per heavy atom. The van der Waals surface area contributed by atoms with Gasteiger partial charge >= 0.3 is 0 Å². The minimum atomic E-state index is -0.177. The molecule has 134 valence electrons. The summed E-state index contributed by atoms with van der Waals surface area (Å²) in [5, 5.41) is 0.722. The van der Waals surface area contributed by atoms with Crippen molar-refractivity contribution in [3.8, 4) is 17.2 Å². The van der Waals surface area contributed by atoms with Gasteiger partial charge in [0.2, 0.25) is 0 Å². The third-order valence-corrected chi connectivity index (χ3v) is 4.66. The van der Waals surface area contributed by atoms with E-state index in [9.17, 15) is 0 Å². The predicted octanol–water partition coefficient (Wildman–Crippen LogP) is 4.27. The third kappa shape index (κ3) is 5.03. The van der Waals surface area contributed by atoms with E-state index in [0.717, 1.165) is 48.3 Å². The largest absolute Gasteiger partial charge is 0.497 e. The molecule has 0 radical (unpaired) electrons. The second-order valence-electron chi connectivity index (χ2n) is 6.56. The number of hydrogen-bond acceptors (Lipinski definition) is 4. The predicted molar refractivity (Wildman–Crippen MR) is 100 cm³/mol. The van der Waals surface area contributed by atoms with E-state index >= 15 is 0 Å². The number of ether oxygens (including phenoxy) is 3. The molecule has 1 atom stereocenters. The van der Waals surface area contributed by atoms with Gasteiger partial charge in [-0.3, -0.25) is 4.90 Å². The molecule has 0 N–H and O–H groups in total. The van der Waals surface area contributed by atoms with Crippen molar-refractivity contribution in [3.63, 3.8) is 0 Å². The van der Waals surface area contributed by atoms with Crippen molar-refractivity contribution in [1.82, 2.24) is 4.90 Å². The van der Waals surface area contributed by atoms with E-state index in [-0.39, 0.29) is 5.60 Å². The SMILES string of the molecule is COc1cccc(OCCN2CCC(C)(Oc3ccc(Cl)cc3)C2)c1. The normalized spacial score (nSPS) is 20.4. The van der Waals surface area contributed by atoms with Crippen molar-refractivity contribution >= 4 is 11.6 Å². The van der Waals surface area contributed by atoms with Crippen LogP contribution in [0.25, 0.3) is 0 Å². The van der Waals surface area contributed by atoms with E-state index in [2.05, 4.69) is 11.8 Å². The molecular formula is C20H24ClNO3. The molecule has 0 aliphatic carbocycles. The summed E-state index contributed by atoms with van der Waals surface area (Å²) in [4.78, 5) is 2.37. The zero-order chi connectivity index (χ0) is 17.7. The summed E-state index contributed by atoms with van der Waals surface area (Å²) in [5.41, 5.74) is -0.177. The van der Waals surface area contributed by atoms with Gasteiger partial charge in [0.1, 0.15) is 29.5 Å². The summed E-state index contributed by atoms with van der Waals surface area (Å²) in [6.07, 6.45) is 0.995. The molecule has 1 heterocycles. The molecule has 5 heteroatoms. The maximum Gasteiger partial charge on any atom is 0.123 e.